The lowest BCUT2D eigenvalue weighted by Gasteiger charge is -2.12. The van der Waals surface area contributed by atoms with Crippen LogP contribution in [0, 0.1) is 0 Å². The van der Waals surface area contributed by atoms with E-state index < -0.39 is 0 Å². The van der Waals surface area contributed by atoms with E-state index in [1.807, 2.05) is 0 Å². The maximum Gasteiger partial charge on any atom is 0.150 e. The molecule has 0 unspecified atom stereocenters. The molecule has 0 saturated heterocycles. The molecule has 0 aliphatic carbocycles. The van der Waals surface area contributed by atoms with Crippen molar-refractivity contribution in [2.75, 3.05) is 0 Å². The Balaban J connectivity index is 2.78. The summed E-state index contributed by atoms with van der Waals surface area (Å²) in [6.45, 7) is 0. The van der Waals surface area contributed by atoms with Crippen LogP contribution in [-0.2, 0) is 0 Å². The van der Waals surface area contributed by atoms with Crippen molar-refractivity contribution in [1.29, 1.82) is 0 Å². The van der Waals surface area contributed by atoms with Gasteiger partial charge in [-0.1, -0.05) is 58.0 Å². The molecule has 0 N–H and O–H groups in total. The van der Waals surface area contributed by atoms with Gasteiger partial charge in [-0.05, 0) is 12.1 Å². The van der Waals surface area contributed by atoms with E-state index in [-0.39, 0.29) is 25.1 Å². The van der Waals surface area contributed by atoms with Gasteiger partial charge in [0.1, 0.15) is 6.29 Å². The summed E-state index contributed by atoms with van der Waals surface area (Å²) >= 11 is 30.1. The first-order valence-corrected chi connectivity index (χ1v) is 6.79. The van der Waals surface area contributed by atoms with Crippen molar-refractivity contribution in [3.8, 4) is 11.3 Å². The van der Waals surface area contributed by atoms with E-state index in [0.29, 0.717) is 23.1 Å². The summed E-state index contributed by atoms with van der Waals surface area (Å²) in [7, 11) is 0. The molecule has 0 aliphatic heterocycles. The Kier molecular flexibility index (Phi) is 4.59. The van der Waals surface area contributed by atoms with Crippen LogP contribution in [0.1, 0.15) is 10.4 Å². The summed E-state index contributed by atoms with van der Waals surface area (Å²) in [4.78, 5) is 14.9. The molecule has 1 aromatic carbocycles. The van der Waals surface area contributed by atoms with Gasteiger partial charge in [0, 0.05) is 17.3 Å². The number of hydrogen-bond acceptors (Lipinski definition) is 2. The average Bonchev–Trinajstić information content (AvgIpc) is 2.43. The van der Waals surface area contributed by atoms with Gasteiger partial charge >= 0.3 is 0 Å². The first-order chi connectivity index (χ1) is 8.97. The van der Waals surface area contributed by atoms with E-state index in [0.717, 1.165) is 0 Å². The zero-order valence-corrected chi connectivity index (χ0v) is 12.8. The summed E-state index contributed by atoms with van der Waals surface area (Å²) in [5.74, 6) is 0. The average molecular weight is 355 g/mol. The summed E-state index contributed by atoms with van der Waals surface area (Å²) in [5, 5.41) is 0.527. The third-order valence-electron chi connectivity index (χ3n) is 2.39. The van der Waals surface area contributed by atoms with Gasteiger partial charge < -0.3 is 0 Å². The van der Waals surface area contributed by atoms with Gasteiger partial charge in [0.2, 0.25) is 0 Å². The number of halogens is 5. The minimum Gasteiger partial charge on any atom is -0.298 e. The predicted octanol–water partition coefficient (Wildman–Crippen LogP) is 5.83. The lowest BCUT2D eigenvalue weighted by atomic mass is 10.1. The Labute approximate surface area is 134 Å². The van der Waals surface area contributed by atoms with Crippen molar-refractivity contribution < 1.29 is 4.79 Å². The van der Waals surface area contributed by atoms with Crippen LogP contribution < -0.4 is 0 Å². The molecular formula is C12H4Cl5NO. The van der Waals surface area contributed by atoms with Crippen LogP contribution in [0.5, 0.6) is 0 Å². The standard InChI is InChI=1S/C12H4Cl5NO/c13-8-7(6-3-5(4-19)1-2-18-6)9(14)11(16)12(17)10(8)15/h1-4H. The van der Waals surface area contributed by atoms with E-state index in [2.05, 4.69) is 4.98 Å². The fourth-order valence-electron chi connectivity index (χ4n) is 1.49. The molecule has 0 saturated carbocycles. The Morgan fingerprint density at radius 1 is 0.895 bits per heavy atom. The van der Waals surface area contributed by atoms with Crippen molar-refractivity contribution >= 4 is 64.3 Å². The highest BCUT2D eigenvalue weighted by Gasteiger charge is 2.21. The molecule has 0 aliphatic rings. The van der Waals surface area contributed by atoms with Gasteiger partial charge in [0.25, 0.3) is 0 Å². The number of nitrogens with zero attached hydrogens (tertiary/aromatic N) is 1. The highest BCUT2D eigenvalue weighted by atomic mass is 35.5. The smallest absolute Gasteiger partial charge is 0.150 e. The van der Waals surface area contributed by atoms with Gasteiger partial charge in [-0.25, -0.2) is 0 Å². The molecular weight excluding hydrogens is 351 g/mol. The van der Waals surface area contributed by atoms with Gasteiger partial charge in [0.15, 0.2) is 0 Å². The molecule has 1 heterocycles. The van der Waals surface area contributed by atoms with Crippen molar-refractivity contribution in [2.24, 2.45) is 0 Å². The highest BCUT2D eigenvalue weighted by molar-refractivity contribution is 6.56. The second kappa shape index (κ2) is 5.86. The fraction of sp³-hybridized carbons (Fsp3) is 0. The Bertz CT molecular complexity index is 642. The van der Waals surface area contributed by atoms with Gasteiger partial charge in [-0.2, -0.15) is 0 Å². The Morgan fingerprint density at radius 2 is 1.42 bits per heavy atom. The SMILES string of the molecule is O=Cc1ccnc(-c2c(Cl)c(Cl)c(Cl)c(Cl)c2Cl)c1. The molecule has 2 rings (SSSR count). The lowest BCUT2D eigenvalue weighted by Crippen LogP contribution is -1.91. The molecule has 0 bridgehead atoms. The monoisotopic (exact) mass is 353 g/mol. The first-order valence-electron chi connectivity index (χ1n) is 4.90. The molecule has 98 valence electrons. The number of aldehydes is 1. The van der Waals surface area contributed by atoms with Crippen LogP contribution in [0.25, 0.3) is 11.3 Å². The number of pyridine rings is 1. The third kappa shape index (κ3) is 2.69. The van der Waals surface area contributed by atoms with E-state index in [4.69, 9.17) is 58.0 Å². The van der Waals surface area contributed by atoms with Crippen molar-refractivity contribution in [1.82, 2.24) is 4.98 Å². The van der Waals surface area contributed by atoms with E-state index in [1.54, 1.807) is 6.07 Å². The largest absolute Gasteiger partial charge is 0.298 e. The molecule has 1 aromatic heterocycles. The van der Waals surface area contributed by atoms with Crippen molar-refractivity contribution in [3.05, 3.63) is 49.0 Å². The normalized spacial score (nSPS) is 10.6. The summed E-state index contributed by atoms with van der Waals surface area (Å²) in [6.07, 6.45) is 2.15. The number of carbonyl (C=O) groups is 1. The molecule has 19 heavy (non-hydrogen) atoms. The lowest BCUT2D eigenvalue weighted by molar-refractivity contribution is 0.112. The van der Waals surface area contributed by atoms with Crippen LogP contribution >= 0.6 is 58.0 Å². The third-order valence-corrected chi connectivity index (χ3v) is 4.66. The Hall–Kier alpha value is -0.510. The van der Waals surface area contributed by atoms with Crippen LogP contribution in [0.4, 0.5) is 0 Å². The number of carbonyl (C=O) groups excluding carboxylic acids is 1. The van der Waals surface area contributed by atoms with E-state index in [1.165, 1.54) is 12.3 Å². The number of aromatic nitrogens is 1. The zero-order chi connectivity index (χ0) is 14.2. The zero-order valence-electron chi connectivity index (χ0n) is 9.05. The molecule has 0 atom stereocenters. The van der Waals surface area contributed by atoms with Crippen LogP contribution in [0.2, 0.25) is 25.1 Å². The van der Waals surface area contributed by atoms with Crippen molar-refractivity contribution in [2.45, 2.75) is 0 Å². The molecule has 7 heteroatoms. The topological polar surface area (TPSA) is 30.0 Å². The number of hydrogen-bond donors (Lipinski definition) is 0. The predicted molar refractivity (Wildman–Crippen MR) is 80.1 cm³/mol. The Morgan fingerprint density at radius 3 is 1.95 bits per heavy atom. The summed E-state index contributed by atoms with van der Waals surface area (Å²) < 4.78 is 0. The molecule has 0 fully saturated rings. The quantitative estimate of drug-likeness (QED) is 0.385. The second-order valence-corrected chi connectivity index (χ2v) is 5.43. The van der Waals surface area contributed by atoms with E-state index >= 15 is 0 Å². The molecule has 0 radical (unpaired) electrons. The van der Waals surface area contributed by atoms with Crippen LogP contribution in [0.15, 0.2) is 18.3 Å². The molecule has 2 aromatic rings. The first kappa shape index (κ1) is 14.9. The minimum atomic E-state index is 0.0774. The fourth-order valence-corrected chi connectivity index (χ4v) is 2.82. The summed E-state index contributed by atoms with van der Waals surface area (Å²) in [6, 6.07) is 3.08. The number of benzene rings is 1. The van der Waals surface area contributed by atoms with Gasteiger partial charge in [0.05, 0.1) is 30.8 Å². The highest BCUT2D eigenvalue weighted by Crippen LogP contribution is 2.47. The molecule has 0 spiro atoms. The second-order valence-electron chi connectivity index (χ2n) is 3.54. The maximum absolute atomic E-state index is 10.8. The number of rotatable bonds is 2. The molecule has 0 amide bonds. The maximum atomic E-state index is 10.8. The van der Waals surface area contributed by atoms with Crippen LogP contribution in [0.3, 0.4) is 0 Å². The van der Waals surface area contributed by atoms with E-state index in [9.17, 15) is 4.79 Å². The summed E-state index contributed by atoms with van der Waals surface area (Å²) in [5.41, 5.74) is 1.16. The van der Waals surface area contributed by atoms with Gasteiger partial charge in [-0.15, -0.1) is 0 Å². The minimum absolute atomic E-state index is 0.0774. The molecule has 2 nitrogen and oxygen atoms in total. The van der Waals surface area contributed by atoms with Crippen molar-refractivity contribution in [3.63, 3.8) is 0 Å². The van der Waals surface area contributed by atoms with Gasteiger partial charge in [-0.3, -0.25) is 9.78 Å². The van der Waals surface area contributed by atoms with Crippen LogP contribution in [-0.4, -0.2) is 11.3 Å².